The molecule has 22 heavy (non-hydrogen) atoms. The molecule has 0 aliphatic rings. The molecular weight excluding hydrogens is 303 g/mol. The van der Waals surface area contributed by atoms with Crippen LogP contribution in [0.25, 0.3) is 0 Å². The van der Waals surface area contributed by atoms with Gasteiger partial charge in [-0.05, 0) is 24.3 Å². The molecule has 0 heterocycles. The molecular formula is C16H13FN2O2S. The SMILES string of the molecule is N#CCSc1ccccc1NC(=O)COc1cccc(F)c1. The number of nitrogens with zero attached hydrogens (tertiary/aromatic N) is 1. The van der Waals surface area contributed by atoms with Gasteiger partial charge in [-0.25, -0.2) is 4.39 Å². The van der Waals surface area contributed by atoms with E-state index < -0.39 is 5.82 Å². The molecule has 6 heteroatoms. The number of thioether (sulfide) groups is 1. The maximum Gasteiger partial charge on any atom is 0.262 e. The van der Waals surface area contributed by atoms with Crippen molar-refractivity contribution < 1.29 is 13.9 Å². The highest BCUT2D eigenvalue weighted by Gasteiger charge is 2.08. The minimum Gasteiger partial charge on any atom is -0.484 e. The van der Waals surface area contributed by atoms with Crippen LogP contribution in [0.15, 0.2) is 53.4 Å². The lowest BCUT2D eigenvalue weighted by molar-refractivity contribution is -0.118. The lowest BCUT2D eigenvalue weighted by Gasteiger charge is -2.10. The summed E-state index contributed by atoms with van der Waals surface area (Å²) in [7, 11) is 0. The fourth-order valence-electron chi connectivity index (χ4n) is 1.70. The Hall–Kier alpha value is -2.52. The molecule has 2 aromatic rings. The Balaban J connectivity index is 1.93. The van der Waals surface area contributed by atoms with E-state index in [9.17, 15) is 9.18 Å². The summed E-state index contributed by atoms with van der Waals surface area (Å²) in [6.07, 6.45) is 0. The topological polar surface area (TPSA) is 62.1 Å². The zero-order chi connectivity index (χ0) is 15.8. The molecule has 1 amide bonds. The van der Waals surface area contributed by atoms with Gasteiger partial charge in [0.1, 0.15) is 11.6 Å². The summed E-state index contributed by atoms with van der Waals surface area (Å²) in [6, 6.07) is 14.8. The number of hydrogen-bond acceptors (Lipinski definition) is 4. The quantitative estimate of drug-likeness (QED) is 0.829. The van der Waals surface area contributed by atoms with Crippen molar-refractivity contribution in [2.45, 2.75) is 4.90 Å². The largest absolute Gasteiger partial charge is 0.484 e. The number of anilines is 1. The zero-order valence-corrected chi connectivity index (χ0v) is 12.4. The standard InChI is InChI=1S/C16H13FN2O2S/c17-12-4-3-5-13(10-12)21-11-16(20)19-14-6-1-2-7-15(14)22-9-8-18/h1-7,10H,9,11H2,(H,19,20). The number of nitriles is 1. The molecule has 2 aromatic carbocycles. The Morgan fingerprint density at radius 3 is 2.86 bits per heavy atom. The molecule has 0 fully saturated rings. The highest BCUT2D eigenvalue weighted by atomic mass is 32.2. The van der Waals surface area contributed by atoms with Gasteiger partial charge < -0.3 is 10.1 Å². The average Bonchev–Trinajstić information content (AvgIpc) is 2.52. The molecule has 0 aromatic heterocycles. The van der Waals surface area contributed by atoms with Crippen LogP contribution >= 0.6 is 11.8 Å². The normalized spacial score (nSPS) is 9.82. The van der Waals surface area contributed by atoms with Crippen LogP contribution in [0.5, 0.6) is 5.75 Å². The number of nitrogens with one attached hydrogen (secondary N) is 1. The Labute approximate surface area is 131 Å². The van der Waals surface area contributed by atoms with E-state index in [1.165, 1.54) is 30.0 Å². The molecule has 0 aliphatic heterocycles. The van der Waals surface area contributed by atoms with E-state index in [0.717, 1.165) is 4.90 Å². The van der Waals surface area contributed by atoms with E-state index in [-0.39, 0.29) is 12.5 Å². The summed E-state index contributed by atoms with van der Waals surface area (Å²) in [5.41, 5.74) is 0.621. The van der Waals surface area contributed by atoms with Crippen molar-refractivity contribution in [2.24, 2.45) is 0 Å². The third kappa shape index (κ3) is 4.79. The monoisotopic (exact) mass is 316 g/mol. The molecule has 0 saturated heterocycles. The molecule has 0 unspecified atom stereocenters. The van der Waals surface area contributed by atoms with Crippen LogP contribution in [0.2, 0.25) is 0 Å². The molecule has 0 radical (unpaired) electrons. The summed E-state index contributed by atoms with van der Waals surface area (Å²) in [4.78, 5) is 12.7. The maximum absolute atomic E-state index is 13.0. The number of para-hydroxylation sites is 1. The second-order valence-electron chi connectivity index (χ2n) is 4.24. The number of carbonyl (C=O) groups is 1. The molecule has 0 atom stereocenters. The van der Waals surface area contributed by atoms with Gasteiger partial charge in [0.05, 0.1) is 17.5 Å². The van der Waals surface area contributed by atoms with Gasteiger partial charge in [0, 0.05) is 11.0 Å². The molecule has 0 spiro atoms. The highest BCUT2D eigenvalue weighted by Crippen LogP contribution is 2.26. The average molecular weight is 316 g/mol. The van der Waals surface area contributed by atoms with Crippen LogP contribution < -0.4 is 10.1 Å². The number of carbonyl (C=O) groups excluding carboxylic acids is 1. The Kier molecular flexibility index (Phi) is 5.81. The Morgan fingerprint density at radius 1 is 1.27 bits per heavy atom. The van der Waals surface area contributed by atoms with E-state index in [0.29, 0.717) is 17.2 Å². The number of halogens is 1. The van der Waals surface area contributed by atoms with Crippen LogP contribution in [0.1, 0.15) is 0 Å². The smallest absolute Gasteiger partial charge is 0.262 e. The fourth-order valence-corrected chi connectivity index (χ4v) is 2.37. The van der Waals surface area contributed by atoms with Gasteiger partial charge in [-0.2, -0.15) is 5.26 Å². The number of rotatable bonds is 6. The minimum absolute atomic E-state index is 0.222. The summed E-state index contributed by atoms with van der Waals surface area (Å²) < 4.78 is 18.2. The van der Waals surface area contributed by atoms with Crippen LogP contribution in [0.3, 0.4) is 0 Å². The van der Waals surface area contributed by atoms with Crippen molar-refractivity contribution in [1.29, 1.82) is 5.26 Å². The third-order valence-corrected chi connectivity index (χ3v) is 3.56. The number of hydrogen-bond donors (Lipinski definition) is 1. The highest BCUT2D eigenvalue weighted by molar-refractivity contribution is 7.99. The first-order valence-electron chi connectivity index (χ1n) is 6.46. The van der Waals surface area contributed by atoms with E-state index in [4.69, 9.17) is 10.00 Å². The van der Waals surface area contributed by atoms with E-state index in [1.54, 1.807) is 18.2 Å². The van der Waals surface area contributed by atoms with Crippen molar-refractivity contribution in [3.8, 4) is 11.8 Å². The van der Waals surface area contributed by atoms with Crippen LogP contribution in [-0.2, 0) is 4.79 Å². The first kappa shape index (κ1) is 15.9. The van der Waals surface area contributed by atoms with Gasteiger partial charge in [-0.1, -0.05) is 18.2 Å². The molecule has 0 saturated carbocycles. The van der Waals surface area contributed by atoms with E-state index >= 15 is 0 Å². The third-order valence-electron chi connectivity index (χ3n) is 2.62. The molecule has 0 bridgehead atoms. The van der Waals surface area contributed by atoms with Crippen LogP contribution in [0.4, 0.5) is 10.1 Å². The molecule has 0 aliphatic carbocycles. The van der Waals surface area contributed by atoms with Crippen molar-refractivity contribution in [3.63, 3.8) is 0 Å². The van der Waals surface area contributed by atoms with E-state index in [1.807, 2.05) is 18.2 Å². The minimum atomic E-state index is -0.420. The summed E-state index contributed by atoms with van der Waals surface area (Å²) in [5, 5.41) is 11.3. The van der Waals surface area contributed by atoms with Crippen molar-refractivity contribution in [3.05, 3.63) is 54.3 Å². The van der Waals surface area contributed by atoms with Crippen molar-refractivity contribution in [1.82, 2.24) is 0 Å². The van der Waals surface area contributed by atoms with Gasteiger partial charge >= 0.3 is 0 Å². The fraction of sp³-hybridized carbons (Fsp3) is 0.125. The summed E-state index contributed by atoms with van der Waals surface area (Å²) in [6.45, 7) is -0.222. The maximum atomic E-state index is 13.0. The van der Waals surface area contributed by atoms with Gasteiger partial charge in [0.15, 0.2) is 6.61 Å². The number of amides is 1. The molecule has 2 rings (SSSR count). The second kappa shape index (κ2) is 8.05. The van der Waals surface area contributed by atoms with Gasteiger partial charge in [-0.15, -0.1) is 11.8 Å². The van der Waals surface area contributed by atoms with Crippen LogP contribution in [0, 0.1) is 17.1 Å². The predicted molar refractivity (Wildman–Crippen MR) is 83.3 cm³/mol. The summed E-state index contributed by atoms with van der Waals surface area (Å²) in [5.74, 6) is -0.181. The second-order valence-corrected chi connectivity index (χ2v) is 5.25. The van der Waals surface area contributed by atoms with Crippen LogP contribution in [-0.4, -0.2) is 18.3 Å². The first-order chi connectivity index (χ1) is 10.7. The molecule has 1 N–H and O–H groups in total. The van der Waals surface area contributed by atoms with Crippen molar-refractivity contribution >= 4 is 23.4 Å². The number of benzene rings is 2. The first-order valence-corrected chi connectivity index (χ1v) is 7.44. The van der Waals surface area contributed by atoms with Crippen molar-refractivity contribution in [2.75, 3.05) is 17.7 Å². The number of ether oxygens (including phenoxy) is 1. The summed E-state index contributed by atoms with van der Waals surface area (Å²) >= 11 is 1.34. The van der Waals surface area contributed by atoms with Gasteiger partial charge in [0.25, 0.3) is 5.91 Å². The molecule has 4 nitrogen and oxygen atoms in total. The predicted octanol–water partition coefficient (Wildman–Crippen LogP) is 3.46. The lowest BCUT2D eigenvalue weighted by Crippen LogP contribution is -2.20. The van der Waals surface area contributed by atoms with Gasteiger partial charge in [-0.3, -0.25) is 4.79 Å². The van der Waals surface area contributed by atoms with Gasteiger partial charge in [0.2, 0.25) is 0 Å². The lowest BCUT2D eigenvalue weighted by atomic mass is 10.3. The zero-order valence-electron chi connectivity index (χ0n) is 11.6. The Morgan fingerprint density at radius 2 is 2.09 bits per heavy atom. The Bertz CT molecular complexity index is 701. The van der Waals surface area contributed by atoms with E-state index in [2.05, 4.69) is 5.32 Å². The molecule has 112 valence electrons.